The molecule has 0 saturated carbocycles. The highest BCUT2D eigenvalue weighted by molar-refractivity contribution is 5.85. The van der Waals surface area contributed by atoms with Crippen LogP contribution >= 0.6 is 12.4 Å². The average molecular weight is 154 g/mol. The van der Waals surface area contributed by atoms with E-state index in [1.807, 2.05) is 0 Å². The van der Waals surface area contributed by atoms with Crippen LogP contribution in [-0.2, 0) is 9.47 Å². The highest BCUT2D eigenvalue weighted by Crippen LogP contribution is 1.89. The topological polar surface area (TPSA) is 42.3 Å². The molecule has 0 rings (SSSR count). The molecule has 0 amide bonds. The SMILES string of the molecule is COC(=N)C(C)OC.Cl. The molecular weight excluding hydrogens is 142 g/mol. The summed E-state index contributed by atoms with van der Waals surface area (Å²) < 4.78 is 9.31. The van der Waals surface area contributed by atoms with E-state index in [4.69, 9.17) is 10.1 Å². The quantitative estimate of drug-likeness (QED) is 0.476. The third kappa shape index (κ3) is 4.24. The van der Waals surface area contributed by atoms with Gasteiger partial charge in [0.1, 0.15) is 6.10 Å². The summed E-state index contributed by atoms with van der Waals surface area (Å²) in [6, 6.07) is 0. The van der Waals surface area contributed by atoms with Crippen LogP contribution in [0.1, 0.15) is 6.92 Å². The number of rotatable bonds is 2. The Morgan fingerprint density at radius 3 is 2.00 bits per heavy atom. The monoisotopic (exact) mass is 153 g/mol. The fourth-order valence-corrected chi connectivity index (χ4v) is 0.273. The first-order valence-corrected chi connectivity index (χ1v) is 2.37. The minimum atomic E-state index is -0.222. The first-order chi connectivity index (χ1) is 3.72. The molecule has 0 heterocycles. The Morgan fingerprint density at radius 2 is 1.89 bits per heavy atom. The van der Waals surface area contributed by atoms with E-state index >= 15 is 0 Å². The van der Waals surface area contributed by atoms with Gasteiger partial charge >= 0.3 is 0 Å². The predicted octanol–water partition coefficient (Wildman–Crippen LogP) is 1.07. The molecule has 9 heavy (non-hydrogen) atoms. The Labute approximate surface area is 61.3 Å². The smallest absolute Gasteiger partial charge is 0.209 e. The van der Waals surface area contributed by atoms with Crippen molar-refractivity contribution >= 4 is 18.3 Å². The molecule has 0 aromatic carbocycles. The van der Waals surface area contributed by atoms with E-state index in [9.17, 15) is 0 Å². The molecule has 3 nitrogen and oxygen atoms in total. The molecule has 1 atom stereocenters. The van der Waals surface area contributed by atoms with Crippen LogP contribution in [0.2, 0.25) is 0 Å². The van der Waals surface area contributed by atoms with Crippen molar-refractivity contribution in [1.82, 2.24) is 0 Å². The second-order valence-corrected chi connectivity index (χ2v) is 1.45. The lowest BCUT2D eigenvalue weighted by atomic mass is 10.4. The van der Waals surface area contributed by atoms with E-state index < -0.39 is 0 Å². The van der Waals surface area contributed by atoms with Gasteiger partial charge in [-0.15, -0.1) is 12.4 Å². The summed E-state index contributed by atoms with van der Waals surface area (Å²) in [4.78, 5) is 0. The number of hydrogen-bond acceptors (Lipinski definition) is 3. The van der Waals surface area contributed by atoms with Crippen molar-refractivity contribution in [2.45, 2.75) is 13.0 Å². The Morgan fingerprint density at radius 1 is 1.44 bits per heavy atom. The highest BCUT2D eigenvalue weighted by atomic mass is 35.5. The third-order valence-electron chi connectivity index (χ3n) is 0.943. The molecule has 0 spiro atoms. The van der Waals surface area contributed by atoms with Crippen molar-refractivity contribution in [2.75, 3.05) is 14.2 Å². The molecular formula is C5H12ClNO2. The van der Waals surface area contributed by atoms with Gasteiger partial charge in [-0.25, -0.2) is 0 Å². The molecule has 1 N–H and O–H groups in total. The molecule has 4 heteroatoms. The number of ether oxygens (including phenoxy) is 2. The van der Waals surface area contributed by atoms with Crippen molar-refractivity contribution in [2.24, 2.45) is 0 Å². The summed E-state index contributed by atoms with van der Waals surface area (Å²) in [7, 11) is 3.00. The molecule has 0 aromatic heterocycles. The van der Waals surface area contributed by atoms with Gasteiger partial charge in [0.05, 0.1) is 7.11 Å². The Kier molecular flexibility index (Phi) is 7.48. The van der Waals surface area contributed by atoms with Crippen LogP contribution in [0, 0.1) is 5.41 Å². The fraction of sp³-hybridized carbons (Fsp3) is 0.800. The lowest BCUT2D eigenvalue weighted by molar-refractivity contribution is 0.146. The fourth-order valence-electron chi connectivity index (χ4n) is 0.273. The number of halogens is 1. The zero-order chi connectivity index (χ0) is 6.57. The Hall–Kier alpha value is -0.280. The van der Waals surface area contributed by atoms with Crippen LogP contribution in [-0.4, -0.2) is 26.2 Å². The second kappa shape index (κ2) is 5.85. The van der Waals surface area contributed by atoms with Gasteiger partial charge < -0.3 is 9.47 Å². The second-order valence-electron chi connectivity index (χ2n) is 1.45. The van der Waals surface area contributed by atoms with Gasteiger partial charge in [-0.1, -0.05) is 0 Å². The molecule has 0 fully saturated rings. The van der Waals surface area contributed by atoms with E-state index in [2.05, 4.69) is 4.74 Å². The van der Waals surface area contributed by atoms with Crippen molar-refractivity contribution < 1.29 is 9.47 Å². The molecule has 0 saturated heterocycles. The summed E-state index contributed by atoms with van der Waals surface area (Å²) >= 11 is 0. The summed E-state index contributed by atoms with van der Waals surface area (Å²) in [6.45, 7) is 1.76. The molecule has 56 valence electrons. The number of hydrogen-bond donors (Lipinski definition) is 1. The maximum atomic E-state index is 7.00. The highest BCUT2D eigenvalue weighted by Gasteiger charge is 2.04. The lowest BCUT2D eigenvalue weighted by Gasteiger charge is -2.07. The van der Waals surface area contributed by atoms with Crippen molar-refractivity contribution in [3.63, 3.8) is 0 Å². The first kappa shape index (κ1) is 11.5. The first-order valence-electron chi connectivity index (χ1n) is 2.37. The van der Waals surface area contributed by atoms with Gasteiger partial charge in [-0.05, 0) is 6.92 Å². The Bertz CT molecular complexity index is 87.0. The molecule has 0 aliphatic heterocycles. The lowest BCUT2D eigenvalue weighted by Crippen LogP contribution is -2.19. The summed E-state index contributed by atoms with van der Waals surface area (Å²) in [6.07, 6.45) is -0.222. The van der Waals surface area contributed by atoms with E-state index in [0.717, 1.165) is 0 Å². The van der Waals surface area contributed by atoms with Crippen LogP contribution in [0.5, 0.6) is 0 Å². The zero-order valence-electron chi connectivity index (χ0n) is 5.80. The molecule has 0 aliphatic carbocycles. The summed E-state index contributed by atoms with van der Waals surface area (Å²) in [5.41, 5.74) is 0. The zero-order valence-corrected chi connectivity index (χ0v) is 6.62. The molecule has 0 bridgehead atoms. The van der Waals surface area contributed by atoms with E-state index in [1.54, 1.807) is 6.92 Å². The van der Waals surface area contributed by atoms with Gasteiger partial charge in [-0.2, -0.15) is 0 Å². The van der Waals surface area contributed by atoms with Crippen LogP contribution in [0.15, 0.2) is 0 Å². The van der Waals surface area contributed by atoms with E-state index in [-0.39, 0.29) is 24.4 Å². The van der Waals surface area contributed by atoms with Crippen molar-refractivity contribution in [1.29, 1.82) is 5.41 Å². The normalized spacial score (nSPS) is 11.4. The largest absolute Gasteiger partial charge is 0.483 e. The van der Waals surface area contributed by atoms with Crippen LogP contribution in [0.4, 0.5) is 0 Å². The van der Waals surface area contributed by atoms with Gasteiger partial charge in [-0.3, -0.25) is 5.41 Å². The number of methoxy groups -OCH3 is 2. The van der Waals surface area contributed by atoms with E-state index in [0.29, 0.717) is 0 Å². The van der Waals surface area contributed by atoms with Crippen LogP contribution in [0.3, 0.4) is 0 Å². The van der Waals surface area contributed by atoms with Crippen molar-refractivity contribution in [3.05, 3.63) is 0 Å². The third-order valence-corrected chi connectivity index (χ3v) is 0.943. The van der Waals surface area contributed by atoms with Gasteiger partial charge in [0.15, 0.2) is 0 Å². The van der Waals surface area contributed by atoms with Gasteiger partial charge in [0, 0.05) is 7.11 Å². The molecule has 0 aliphatic rings. The maximum absolute atomic E-state index is 7.00. The van der Waals surface area contributed by atoms with Gasteiger partial charge in [0.2, 0.25) is 5.90 Å². The Balaban J connectivity index is 0. The predicted molar refractivity (Wildman–Crippen MR) is 38.5 cm³/mol. The van der Waals surface area contributed by atoms with Gasteiger partial charge in [0.25, 0.3) is 0 Å². The minimum Gasteiger partial charge on any atom is -0.483 e. The molecule has 0 radical (unpaired) electrons. The molecule has 0 aromatic rings. The summed E-state index contributed by atoms with van der Waals surface area (Å²) in [5.74, 6) is 0.160. The van der Waals surface area contributed by atoms with Crippen molar-refractivity contribution in [3.8, 4) is 0 Å². The molecule has 1 unspecified atom stereocenters. The van der Waals surface area contributed by atoms with Crippen LogP contribution < -0.4 is 0 Å². The standard InChI is InChI=1S/C5H11NO2.ClH/c1-4(7-2)5(6)8-3;/h4,6H,1-3H3;1H. The minimum absolute atomic E-state index is 0. The van der Waals surface area contributed by atoms with E-state index in [1.165, 1.54) is 14.2 Å². The average Bonchev–Trinajstić information content (AvgIpc) is 1.84. The number of nitrogens with one attached hydrogen (secondary N) is 1. The maximum Gasteiger partial charge on any atom is 0.209 e. The summed E-state index contributed by atoms with van der Waals surface area (Å²) in [5, 5.41) is 7.00. The van der Waals surface area contributed by atoms with Crippen LogP contribution in [0.25, 0.3) is 0 Å².